The van der Waals surface area contributed by atoms with E-state index in [1.807, 2.05) is 24.5 Å². The Morgan fingerprint density at radius 3 is 2.24 bits per heavy atom. The molecule has 0 spiro atoms. The molecule has 3 heterocycles. The van der Waals surface area contributed by atoms with Crippen molar-refractivity contribution in [3.05, 3.63) is 78.6 Å². The molecule has 118 valence electrons. The average molecular weight is 321 g/mol. The zero-order chi connectivity index (χ0) is 16.8. The van der Waals surface area contributed by atoms with Crippen molar-refractivity contribution in [1.29, 1.82) is 0 Å². The van der Waals surface area contributed by atoms with E-state index in [1.54, 1.807) is 0 Å². The molecule has 0 aliphatic carbocycles. The minimum atomic E-state index is 0.938. The average Bonchev–Trinajstić information content (AvgIpc) is 2.68. The molecule has 0 saturated carbocycles. The molecule has 0 fully saturated rings. The highest BCUT2D eigenvalue weighted by atomic mass is 14.8. The third-order valence-electron chi connectivity index (χ3n) is 4.68. The zero-order valence-electron chi connectivity index (χ0n) is 13.8. The Morgan fingerprint density at radius 1 is 0.640 bits per heavy atom. The predicted molar refractivity (Wildman–Crippen MR) is 103 cm³/mol. The van der Waals surface area contributed by atoms with Gasteiger partial charge in [-0.3, -0.25) is 9.97 Å². The Bertz CT molecular complexity index is 1260. The highest BCUT2D eigenvalue weighted by Gasteiger charge is 2.10. The van der Waals surface area contributed by atoms with Crippen LogP contribution >= 0.6 is 0 Å². The number of hydrogen-bond donors (Lipinski definition) is 0. The van der Waals surface area contributed by atoms with Crippen LogP contribution < -0.4 is 0 Å². The second kappa shape index (κ2) is 5.35. The number of pyridine rings is 3. The van der Waals surface area contributed by atoms with Crippen molar-refractivity contribution in [2.24, 2.45) is 0 Å². The molecule has 0 bridgehead atoms. The van der Waals surface area contributed by atoms with E-state index in [9.17, 15) is 0 Å². The van der Waals surface area contributed by atoms with Crippen molar-refractivity contribution in [1.82, 2.24) is 15.0 Å². The van der Waals surface area contributed by atoms with Crippen molar-refractivity contribution in [3.63, 3.8) is 0 Å². The summed E-state index contributed by atoms with van der Waals surface area (Å²) in [7, 11) is 0. The fourth-order valence-electron chi connectivity index (χ4n) is 3.41. The van der Waals surface area contributed by atoms with E-state index in [1.165, 1.54) is 5.56 Å². The standard InChI is InChI=1S/C22H15N3/c1-14-6-10-17(18-5-3-13-23-20(14)18)19-11-9-16-8-7-15-4-2-12-24-21(15)22(16)25-19/h2-13H,1H3. The first-order valence-electron chi connectivity index (χ1n) is 8.30. The molecule has 5 aromatic rings. The Morgan fingerprint density at radius 2 is 1.36 bits per heavy atom. The lowest BCUT2D eigenvalue weighted by Gasteiger charge is -2.09. The van der Waals surface area contributed by atoms with Crippen molar-refractivity contribution in [3.8, 4) is 11.3 Å². The highest BCUT2D eigenvalue weighted by Crippen LogP contribution is 2.31. The summed E-state index contributed by atoms with van der Waals surface area (Å²) in [4.78, 5) is 14.0. The minimum absolute atomic E-state index is 0.938. The molecule has 5 rings (SSSR count). The van der Waals surface area contributed by atoms with Crippen LogP contribution in [0.2, 0.25) is 0 Å². The molecule has 3 aromatic heterocycles. The maximum atomic E-state index is 4.96. The summed E-state index contributed by atoms with van der Waals surface area (Å²) in [5, 5.41) is 3.34. The van der Waals surface area contributed by atoms with Crippen LogP contribution in [0.25, 0.3) is 44.0 Å². The third-order valence-corrected chi connectivity index (χ3v) is 4.68. The summed E-state index contributed by atoms with van der Waals surface area (Å²) in [6, 6.07) is 20.7. The number of aromatic nitrogens is 3. The fourth-order valence-corrected chi connectivity index (χ4v) is 3.41. The molecular weight excluding hydrogens is 306 g/mol. The van der Waals surface area contributed by atoms with Gasteiger partial charge in [0.2, 0.25) is 0 Å². The van der Waals surface area contributed by atoms with Gasteiger partial charge in [0.1, 0.15) is 0 Å². The van der Waals surface area contributed by atoms with Gasteiger partial charge in [-0.25, -0.2) is 4.98 Å². The van der Waals surface area contributed by atoms with Gasteiger partial charge in [0.25, 0.3) is 0 Å². The molecule has 0 aliphatic rings. The molecule has 0 aliphatic heterocycles. The Hall–Kier alpha value is -3.33. The largest absolute Gasteiger partial charge is 0.256 e. The first-order valence-corrected chi connectivity index (χ1v) is 8.30. The summed E-state index contributed by atoms with van der Waals surface area (Å²) in [6.07, 6.45) is 3.66. The lowest BCUT2D eigenvalue weighted by Crippen LogP contribution is -1.91. The van der Waals surface area contributed by atoms with Crippen LogP contribution in [0.4, 0.5) is 0 Å². The summed E-state index contributed by atoms with van der Waals surface area (Å²) >= 11 is 0. The van der Waals surface area contributed by atoms with E-state index in [-0.39, 0.29) is 0 Å². The van der Waals surface area contributed by atoms with Gasteiger partial charge in [0.15, 0.2) is 0 Å². The van der Waals surface area contributed by atoms with E-state index in [0.29, 0.717) is 0 Å². The van der Waals surface area contributed by atoms with E-state index >= 15 is 0 Å². The van der Waals surface area contributed by atoms with Gasteiger partial charge in [-0.2, -0.15) is 0 Å². The Balaban J connectivity index is 1.85. The normalized spacial score (nSPS) is 11.4. The van der Waals surface area contributed by atoms with Gasteiger partial charge in [-0.1, -0.05) is 42.5 Å². The van der Waals surface area contributed by atoms with E-state index < -0.39 is 0 Å². The first-order chi connectivity index (χ1) is 12.3. The van der Waals surface area contributed by atoms with E-state index in [2.05, 4.69) is 65.4 Å². The van der Waals surface area contributed by atoms with Crippen LogP contribution in [0.5, 0.6) is 0 Å². The number of fused-ring (bicyclic) bond motifs is 4. The van der Waals surface area contributed by atoms with Crippen LogP contribution in [0.3, 0.4) is 0 Å². The summed E-state index contributed by atoms with van der Waals surface area (Å²) in [5.41, 5.74) is 6.13. The molecule has 3 nitrogen and oxygen atoms in total. The maximum Gasteiger partial charge on any atom is 0.0972 e. The second-order valence-electron chi connectivity index (χ2n) is 6.24. The molecule has 0 amide bonds. The van der Waals surface area contributed by atoms with E-state index in [4.69, 9.17) is 4.98 Å². The van der Waals surface area contributed by atoms with Crippen molar-refractivity contribution >= 4 is 32.7 Å². The van der Waals surface area contributed by atoms with Crippen LogP contribution in [0, 0.1) is 6.92 Å². The summed E-state index contributed by atoms with van der Waals surface area (Å²) < 4.78 is 0. The van der Waals surface area contributed by atoms with E-state index in [0.717, 1.165) is 44.0 Å². The molecule has 0 saturated heterocycles. The zero-order valence-corrected chi connectivity index (χ0v) is 13.8. The summed E-state index contributed by atoms with van der Waals surface area (Å²) in [6.45, 7) is 2.09. The lowest BCUT2D eigenvalue weighted by molar-refractivity contribution is 1.35. The number of benzene rings is 2. The maximum absolute atomic E-state index is 4.96. The van der Waals surface area contributed by atoms with Crippen LogP contribution in [0.1, 0.15) is 5.56 Å². The van der Waals surface area contributed by atoms with Crippen molar-refractivity contribution in [2.75, 3.05) is 0 Å². The Kier molecular flexibility index (Phi) is 3.01. The van der Waals surface area contributed by atoms with Crippen molar-refractivity contribution in [2.45, 2.75) is 6.92 Å². The highest BCUT2D eigenvalue weighted by molar-refractivity contribution is 6.04. The molecule has 0 radical (unpaired) electrons. The van der Waals surface area contributed by atoms with Gasteiger partial charge in [-0.05, 0) is 30.7 Å². The SMILES string of the molecule is Cc1ccc(-c2ccc3ccc4cccnc4c3n2)c2cccnc12. The quantitative estimate of drug-likeness (QED) is 0.393. The van der Waals surface area contributed by atoms with Gasteiger partial charge in [0, 0.05) is 34.1 Å². The molecular formula is C22H15N3. The van der Waals surface area contributed by atoms with Crippen LogP contribution in [-0.2, 0) is 0 Å². The first kappa shape index (κ1) is 14.1. The smallest absolute Gasteiger partial charge is 0.0972 e. The lowest BCUT2D eigenvalue weighted by atomic mass is 10.0. The molecule has 3 heteroatoms. The number of nitrogens with zero attached hydrogens (tertiary/aromatic N) is 3. The molecule has 2 aromatic carbocycles. The molecule has 25 heavy (non-hydrogen) atoms. The van der Waals surface area contributed by atoms with Crippen LogP contribution in [-0.4, -0.2) is 15.0 Å². The number of aryl methyl sites for hydroxylation is 1. The number of hydrogen-bond acceptors (Lipinski definition) is 3. The predicted octanol–water partition coefficient (Wildman–Crippen LogP) is 5.31. The summed E-state index contributed by atoms with van der Waals surface area (Å²) in [5.74, 6) is 0. The van der Waals surface area contributed by atoms with Gasteiger partial charge >= 0.3 is 0 Å². The second-order valence-corrected chi connectivity index (χ2v) is 6.24. The van der Waals surface area contributed by atoms with Crippen molar-refractivity contribution < 1.29 is 0 Å². The van der Waals surface area contributed by atoms with Gasteiger partial charge in [0.05, 0.1) is 22.2 Å². The third kappa shape index (κ3) is 2.17. The minimum Gasteiger partial charge on any atom is -0.256 e. The number of rotatable bonds is 1. The topological polar surface area (TPSA) is 38.7 Å². The van der Waals surface area contributed by atoms with Gasteiger partial charge < -0.3 is 0 Å². The Labute approximate surface area is 145 Å². The monoisotopic (exact) mass is 321 g/mol. The van der Waals surface area contributed by atoms with Crippen LogP contribution in [0.15, 0.2) is 73.1 Å². The van der Waals surface area contributed by atoms with Gasteiger partial charge in [-0.15, -0.1) is 0 Å². The molecule has 0 unspecified atom stereocenters. The molecule has 0 N–H and O–H groups in total. The molecule has 0 atom stereocenters. The fraction of sp³-hybridized carbons (Fsp3) is 0.0455.